The van der Waals surface area contributed by atoms with E-state index in [2.05, 4.69) is 6.92 Å². The fourth-order valence-electron chi connectivity index (χ4n) is 1.94. The van der Waals surface area contributed by atoms with Crippen LogP contribution >= 0.6 is 0 Å². The Bertz CT molecular complexity index is 292. The van der Waals surface area contributed by atoms with E-state index in [1.165, 1.54) is 0 Å². The lowest BCUT2D eigenvalue weighted by molar-refractivity contribution is -0.153. The first-order chi connectivity index (χ1) is 8.09. The fraction of sp³-hybridized carbons (Fsp3) is 0.833. The molecule has 1 heterocycles. The third kappa shape index (κ3) is 2.97. The van der Waals surface area contributed by atoms with Crippen molar-refractivity contribution < 1.29 is 19.1 Å². The van der Waals surface area contributed by atoms with Gasteiger partial charge in [0.2, 0.25) is 0 Å². The van der Waals surface area contributed by atoms with Gasteiger partial charge in [0.05, 0.1) is 6.61 Å². The number of rotatable bonds is 8. The topological polar surface area (TPSA) is 81.9 Å². The minimum Gasteiger partial charge on any atom is -0.463 e. The molecule has 0 saturated carbocycles. The molecule has 1 aliphatic rings. The standard InChI is InChI=1S/C12H21NO4/c1-3-5-6-7-8-9-12(17-9,10(13)14)11(15)16-4-2/h9H,3-8H2,1-2H3,(H2,13,14). The van der Waals surface area contributed by atoms with Crippen LogP contribution in [0.3, 0.4) is 0 Å². The Hall–Kier alpha value is -1.10. The second-order valence-electron chi connectivity index (χ2n) is 4.28. The number of ether oxygens (including phenoxy) is 2. The number of carbonyl (C=O) groups excluding carboxylic acids is 2. The molecule has 98 valence electrons. The summed E-state index contributed by atoms with van der Waals surface area (Å²) in [5.41, 5.74) is 3.72. The second kappa shape index (κ2) is 6.00. The number of primary amides is 1. The largest absolute Gasteiger partial charge is 0.463 e. The lowest BCUT2D eigenvalue weighted by Gasteiger charge is -2.07. The van der Waals surface area contributed by atoms with Gasteiger partial charge in [-0.25, -0.2) is 4.79 Å². The molecule has 0 aliphatic carbocycles. The first-order valence-corrected chi connectivity index (χ1v) is 6.24. The minimum absolute atomic E-state index is 0.222. The number of epoxide rings is 1. The molecule has 2 N–H and O–H groups in total. The van der Waals surface area contributed by atoms with Crippen LogP contribution in [0.2, 0.25) is 0 Å². The molecule has 1 rings (SSSR count). The Balaban J connectivity index is 2.44. The zero-order valence-corrected chi connectivity index (χ0v) is 10.5. The van der Waals surface area contributed by atoms with Gasteiger partial charge in [-0.2, -0.15) is 0 Å². The number of esters is 1. The van der Waals surface area contributed by atoms with Crippen LogP contribution in [-0.4, -0.2) is 30.2 Å². The SMILES string of the molecule is CCCCCCC1OC1(C(N)=O)C(=O)OCC. The smallest absolute Gasteiger partial charge is 0.351 e. The number of carbonyl (C=O) groups is 2. The third-order valence-electron chi connectivity index (χ3n) is 2.99. The molecule has 1 amide bonds. The molecular weight excluding hydrogens is 222 g/mol. The number of unbranched alkanes of at least 4 members (excludes halogenated alkanes) is 3. The number of hydrogen-bond donors (Lipinski definition) is 1. The Labute approximate surface area is 102 Å². The van der Waals surface area contributed by atoms with Gasteiger partial charge in [-0.15, -0.1) is 0 Å². The predicted molar refractivity (Wildman–Crippen MR) is 62.2 cm³/mol. The highest BCUT2D eigenvalue weighted by molar-refractivity contribution is 6.09. The van der Waals surface area contributed by atoms with Crippen molar-refractivity contribution in [2.45, 2.75) is 57.7 Å². The molecule has 5 heteroatoms. The first-order valence-electron chi connectivity index (χ1n) is 6.24. The van der Waals surface area contributed by atoms with Gasteiger partial charge in [0.1, 0.15) is 6.10 Å². The van der Waals surface area contributed by atoms with E-state index in [1.807, 2.05) is 0 Å². The van der Waals surface area contributed by atoms with Crippen molar-refractivity contribution in [1.29, 1.82) is 0 Å². The predicted octanol–water partition coefficient (Wildman–Crippen LogP) is 1.14. The summed E-state index contributed by atoms with van der Waals surface area (Å²) in [6.07, 6.45) is 4.60. The molecule has 1 fully saturated rings. The van der Waals surface area contributed by atoms with Gasteiger partial charge in [-0.3, -0.25) is 4.79 Å². The molecule has 0 aromatic heterocycles. The van der Waals surface area contributed by atoms with Crippen molar-refractivity contribution in [3.8, 4) is 0 Å². The van der Waals surface area contributed by atoms with Crippen LogP contribution in [0, 0.1) is 0 Å². The average Bonchev–Trinajstić information content (AvgIpc) is 3.01. The van der Waals surface area contributed by atoms with Crippen molar-refractivity contribution in [3.63, 3.8) is 0 Å². The number of hydrogen-bond acceptors (Lipinski definition) is 4. The van der Waals surface area contributed by atoms with Gasteiger partial charge in [-0.05, 0) is 13.3 Å². The number of amides is 1. The van der Waals surface area contributed by atoms with Crippen molar-refractivity contribution in [2.75, 3.05) is 6.61 Å². The van der Waals surface area contributed by atoms with Crippen LogP contribution in [0.5, 0.6) is 0 Å². The Morgan fingerprint density at radius 3 is 2.53 bits per heavy atom. The van der Waals surface area contributed by atoms with E-state index >= 15 is 0 Å². The van der Waals surface area contributed by atoms with Crippen LogP contribution in [0.15, 0.2) is 0 Å². The zero-order chi connectivity index (χ0) is 12.9. The zero-order valence-electron chi connectivity index (χ0n) is 10.5. The molecule has 0 aromatic carbocycles. The maximum Gasteiger partial charge on any atom is 0.351 e. The molecule has 17 heavy (non-hydrogen) atoms. The lowest BCUT2D eigenvalue weighted by atomic mass is 10.00. The Kier molecular flexibility index (Phi) is 4.93. The average molecular weight is 243 g/mol. The summed E-state index contributed by atoms with van der Waals surface area (Å²) in [5, 5.41) is 0. The van der Waals surface area contributed by atoms with E-state index in [1.54, 1.807) is 6.92 Å². The molecule has 2 atom stereocenters. The monoisotopic (exact) mass is 243 g/mol. The van der Waals surface area contributed by atoms with Crippen molar-refractivity contribution in [2.24, 2.45) is 5.73 Å². The summed E-state index contributed by atoms with van der Waals surface area (Å²) in [5.74, 6) is -1.38. The minimum atomic E-state index is -1.50. The van der Waals surface area contributed by atoms with Gasteiger partial charge < -0.3 is 15.2 Å². The highest BCUT2D eigenvalue weighted by atomic mass is 16.7. The van der Waals surface area contributed by atoms with Gasteiger partial charge >= 0.3 is 5.97 Å². The van der Waals surface area contributed by atoms with Crippen LogP contribution in [0.4, 0.5) is 0 Å². The Morgan fingerprint density at radius 2 is 2.00 bits per heavy atom. The van der Waals surface area contributed by atoms with Gasteiger partial charge in [0.25, 0.3) is 11.5 Å². The van der Waals surface area contributed by atoms with Crippen molar-refractivity contribution in [3.05, 3.63) is 0 Å². The summed E-state index contributed by atoms with van der Waals surface area (Å²) in [6.45, 7) is 4.03. The van der Waals surface area contributed by atoms with E-state index in [0.29, 0.717) is 6.42 Å². The molecule has 0 spiro atoms. The highest BCUT2D eigenvalue weighted by Gasteiger charge is 2.68. The van der Waals surface area contributed by atoms with Gasteiger partial charge in [0.15, 0.2) is 0 Å². The Morgan fingerprint density at radius 1 is 1.29 bits per heavy atom. The second-order valence-corrected chi connectivity index (χ2v) is 4.28. The molecular formula is C12H21NO4. The molecule has 0 aromatic rings. The van der Waals surface area contributed by atoms with Crippen molar-refractivity contribution in [1.82, 2.24) is 0 Å². The van der Waals surface area contributed by atoms with Crippen LogP contribution in [-0.2, 0) is 19.1 Å². The summed E-state index contributed by atoms with van der Waals surface area (Å²) in [6, 6.07) is 0. The maximum atomic E-state index is 11.6. The van der Waals surface area contributed by atoms with Crippen LogP contribution in [0.25, 0.3) is 0 Å². The molecule has 5 nitrogen and oxygen atoms in total. The summed E-state index contributed by atoms with van der Waals surface area (Å²) >= 11 is 0. The van der Waals surface area contributed by atoms with E-state index in [4.69, 9.17) is 15.2 Å². The normalized spacial score (nSPS) is 26.6. The van der Waals surface area contributed by atoms with Crippen molar-refractivity contribution >= 4 is 11.9 Å². The van der Waals surface area contributed by atoms with E-state index in [0.717, 1.165) is 25.7 Å². The van der Waals surface area contributed by atoms with Crippen LogP contribution in [0.1, 0.15) is 46.0 Å². The summed E-state index contributed by atoms with van der Waals surface area (Å²) in [7, 11) is 0. The van der Waals surface area contributed by atoms with E-state index in [9.17, 15) is 9.59 Å². The lowest BCUT2D eigenvalue weighted by Crippen LogP contribution is -2.43. The van der Waals surface area contributed by atoms with E-state index < -0.39 is 23.6 Å². The van der Waals surface area contributed by atoms with E-state index in [-0.39, 0.29) is 6.61 Å². The summed E-state index contributed by atoms with van der Waals surface area (Å²) in [4.78, 5) is 22.9. The summed E-state index contributed by atoms with van der Waals surface area (Å²) < 4.78 is 10.0. The molecule has 1 aliphatic heterocycles. The quantitative estimate of drug-likeness (QED) is 0.300. The molecule has 0 radical (unpaired) electrons. The molecule has 1 saturated heterocycles. The molecule has 2 unspecified atom stereocenters. The first kappa shape index (κ1) is 14.0. The molecule has 0 bridgehead atoms. The number of nitrogens with two attached hydrogens (primary N) is 1. The highest BCUT2D eigenvalue weighted by Crippen LogP contribution is 2.41. The van der Waals surface area contributed by atoms with Gasteiger partial charge in [0, 0.05) is 0 Å². The fourth-order valence-corrected chi connectivity index (χ4v) is 1.94. The van der Waals surface area contributed by atoms with Crippen LogP contribution < -0.4 is 5.73 Å². The van der Waals surface area contributed by atoms with Gasteiger partial charge in [-0.1, -0.05) is 32.6 Å². The maximum absolute atomic E-state index is 11.6. The third-order valence-corrected chi connectivity index (χ3v) is 2.99.